The summed E-state index contributed by atoms with van der Waals surface area (Å²) in [6.07, 6.45) is -4.50. The van der Waals surface area contributed by atoms with Gasteiger partial charge in [0.2, 0.25) is 11.8 Å². The SMILES string of the molecule is CN(CC(=O)Nc1ccccc1C(F)(F)F)C(=O)CN1C(=O)NC2(CCOc3ccccc32)C1=O. The van der Waals surface area contributed by atoms with E-state index in [4.69, 9.17) is 4.74 Å². The molecule has 1 saturated heterocycles. The minimum Gasteiger partial charge on any atom is -0.493 e. The predicted octanol–water partition coefficient (Wildman–Crippen LogP) is 2.33. The van der Waals surface area contributed by atoms with Gasteiger partial charge in [-0.05, 0) is 18.2 Å². The fourth-order valence-electron chi connectivity index (χ4n) is 4.10. The number of nitrogens with zero attached hydrogens (tertiary/aromatic N) is 2. The van der Waals surface area contributed by atoms with Crippen molar-refractivity contribution >= 4 is 29.4 Å². The number of ether oxygens (including phenoxy) is 1. The summed E-state index contributed by atoms with van der Waals surface area (Å²) < 4.78 is 45.0. The zero-order chi connectivity index (χ0) is 25.4. The molecule has 2 N–H and O–H groups in total. The molecule has 0 bridgehead atoms. The number of alkyl halides is 3. The van der Waals surface area contributed by atoms with E-state index in [0.717, 1.165) is 21.9 Å². The van der Waals surface area contributed by atoms with E-state index in [2.05, 4.69) is 10.6 Å². The summed E-state index contributed by atoms with van der Waals surface area (Å²) in [5, 5.41) is 4.81. The molecule has 1 fully saturated rings. The van der Waals surface area contributed by atoms with Gasteiger partial charge in [0.25, 0.3) is 5.91 Å². The number of para-hydroxylation sites is 2. The van der Waals surface area contributed by atoms with Crippen molar-refractivity contribution in [3.8, 4) is 5.75 Å². The summed E-state index contributed by atoms with van der Waals surface area (Å²) in [6, 6.07) is 10.4. The normalized spacial score (nSPS) is 19.1. The molecule has 2 aromatic rings. The molecule has 9 nitrogen and oxygen atoms in total. The number of carbonyl (C=O) groups excluding carboxylic acids is 4. The number of amides is 5. The predicted molar refractivity (Wildman–Crippen MR) is 116 cm³/mol. The lowest BCUT2D eigenvalue weighted by Crippen LogP contribution is -2.48. The first-order chi connectivity index (χ1) is 16.5. The van der Waals surface area contributed by atoms with E-state index in [1.807, 2.05) is 0 Å². The van der Waals surface area contributed by atoms with Gasteiger partial charge in [0.1, 0.15) is 12.3 Å². The Morgan fingerprint density at radius 2 is 1.83 bits per heavy atom. The zero-order valence-electron chi connectivity index (χ0n) is 18.5. The Hall–Kier alpha value is -4.09. The van der Waals surface area contributed by atoms with Gasteiger partial charge in [-0.15, -0.1) is 0 Å². The molecule has 5 amide bonds. The van der Waals surface area contributed by atoms with Crippen LogP contribution in [0.1, 0.15) is 17.5 Å². The monoisotopic (exact) mass is 490 g/mol. The molecule has 35 heavy (non-hydrogen) atoms. The van der Waals surface area contributed by atoms with Crippen LogP contribution in [0.3, 0.4) is 0 Å². The number of benzene rings is 2. The number of hydrogen-bond acceptors (Lipinski definition) is 5. The van der Waals surface area contributed by atoms with Crippen LogP contribution in [-0.4, -0.2) is 60.3 Å². The van der Waals surface area contributed by atoms with Gasteiger partial charge in [0.15, 0.2) is 5.54 Å². The summed E-state index contributed by atoms with van der Waals surface area (Å²) >= 11 is 0. The molecular weight excluding hydrogens is 469 g/mol. The fraction of sp³-hybridized carbons (Fsp3) is 0.304. The zero-order valence-corrected chi connectivity index (χ0v) is 18.5. The Morgan fingerprint density at radius 3 is 2.57 bits per heavy atom. The van der Waals surface area contributed by atoms with Crippen LogP contribution >= 0.6 is 0 Å². The van der Waals surface area contributed by atoms with E-state index in [1.165, 1.54) is 19.2 Å². The van der Waals surface area contributed by atoms with Crippen LogP contribution in [-0.2, 0) is 26.1 Å². The lowest BCUT2D eigenvalue weighted by Gasteiger charge is -2.33. The Labute approximate surface area is 197 Å². The maximum atomic E-state index is 13.2. The van der Waals surface area contributed by atoms with Gasteiger partial charge in [0.05, 0.1) is 24.4 Å². The number of halogens is 3. The minimum atomic E-state index is -4.67. The molecule has 2 aromatic carbocycles. The van der Waals surface area contributed by atoms with Crippen molar-refractivity contribution in [3.05, 3.63) is 59.7 Å². The lowest BCUT2D eigenvalue weighted by atomic mass is 9.84. The number of urea groups is 1. The largest absolute Gasteiger partial charge is 0.493 e. The molecule has 12 heteroatoms. The van der Waals surface area contributed by atoms with Crippen LogP contribution in [0.2, 0.25) is 0 Å². The van der Waals surface area contributed by atoms with E-state index in [-0.39, 0.29) is 13.0 Å². The molecule has 0 aromatic heterocycles. The van der Waals surface area contributed by atoms with Crippen molar-refractivity contribution in [3.63, 3.8) is 0 Å². The second kappa shape index (κ2) is 8.93. The third-order valence-corrected chi connectivity index (χ3v) is 5.86. The van der Waals surface area contributed by atoms with E-state index < -0.39 is 59.8 Å². The molecule has 184 valence electrons. The number of hydrogen-bond donors (Lipinski definition) is 2. The highest BCUT2D eigenvalue weighted by Gasteiger charge is 2.55. The van der Waals surface area contributed by atoms with Crippen LogP contribution in [0.15, 0.2) is 48.5 Å². The van der Waals surface area contributed by atoms with Crippen molar-refractivity contribution in [2.45, 2.75) is 18.1 Å². The highest BCUT2D eigenvalue weighted by molar-refractivity contribution is 6.10. The average Bonchev–Trinajstić information content (AvgIpc) is 3.03. The maximum absolute atomic E-state index is 13.2. The number of likely N-dealkylation sites (N-methyl/N-ethyl adjacent to an activating group) is 1. The summed E-state index contributed by atoms with van der Waals surface area (Å²) in [6.45, 7) is -1.04. The van der Waals surface area contributed by atoms with E-state index in [9.17, 15) is 32.3 Å². The number of imide groups is 1. The molecule has 4 rings (SSSR count). The highest BCUT2D eigenvalue weighted by atomic mass is 19.4. The smallest absolute Gasteiger partial charge is 0.418 e. The van der Waals surface area contributed by atoms with Crippen molar-refractivity contribution in [1.29, 1.82) is 0 Å². The van der Waals surface area contributed by atoms with Gasteiger partial charge in [-0.1, -0.05) is 30.3 Å². The van der Waals surface area contributed by atoms with Crippen LogP contribution in [0, 0.1) is 0 Å². The topological polar surface area (TPSA) is 108 Å². The molecule has 1 unspecified atom stereocenters. The average molecular weight is 490 g/mol. The Kier molecular flexibility index (Phi) is 6.14. The minimum absolute atomic E-state index is 0.177. The van der Waals surface area contributed by atoms with E-state index in [0.29, 0.717) is 11.3 Å². The van der Waals surface area contributed by atoms with Crippen LogP contribution in [0.4, 0.5) is 23.7 Å². The molecule has 1 spiro atoms. The number of fused-ring (bicyclic) bond motifs is 2. The number of rotatable bonds is 5. The first kappa shape index (κ1) is 24.0. The molecule has 0 radical (unpaired) electrons. The Balaban J connectivity index is 1.42. The first-order valence-corrected chi connectivity index (χ1v) is 10.6. The standard InChI is InChI=1S/C23H21F3N4O5/c1-29(12-18(31)27-16-8-4-2-6-14(16)23(24,25)26)19(32)13-30-20(33)22(28-21(30)34)10-11-35-17-9-5-3-7-15(17)22/h2-9H,10-13H2,1H3,(H,27,31)(H,28,34). The first-order valence-electron chi connectivity index (χ1n) is 10.6. The molecule has 1 atom stereocenters. The van der Waals surface area contributed by atoms with Gasteiger partial charge >= 0.3 is 12.2 Å². The highest BCUT2D eigenvalue weighted by Crippen LogP contribution is 2.41. The second-order valence-electron chi connectivity index (χ2n) is 8.16. The molecular formula is C23H21F3N4O5. The van der Waals surface area contributed by atoms with Crippen molar-refractivity contribution in [1.82, 2.24) is 15.1 Å². The van der Waals surface area contributed by atoms with Gasteiger partial charge in [-0.2, -0.15) is 13.2 Å². The fourth-order valence-corrected chi connectivity index (χ4v) is 4.10. The van der Waals surface area contributed by atoms with Crippen LogP contribution < -0.4 is 15.4 Å². The number of anilines is 1. The Bertz CT molecular complexity index is 1200. The number of nitrogens with one attached hydrogen (secondary N) is 2. The molecule has 2 heterocycles. The molecule has 2 aliphatic heterocycles. The maximum Gasteiger partial charge on any atom is 0.418 e. The van der Waals surface area contributed by atoms with Crippen LogP contribution in [0.5, 0.6) is 5.75 Å². The van der Waals surface area contributed by atoms with E-state index >= 15 is 0 Å². The second-order valence-corrected chi connectivity index (χ2v) is 8.16. The molecule has 2 aliphatic rings. The third-order valence-electron chi connectivity index (χ3n) is 5.86. The third kappa shape index (κ3) is 4.51. The summed E-state index contributed by atoms with van der Waals surface area (Å²) in [7, 11) is 1.25. The van der Waals surface area contributed by atoms with Crippen molar-refractivity contribution in [2.75, 3.05) is 32.1 Å². The van der Waals surface area contributed by atoms with Crippen molar-refractivity contribution < 1.29 is 37.1 Å². The molecule has 0 aliphatic carbocycles. The van der Waals surface area contributed by atoms with Crippen molar-refractivity contribution in [2.24, 2.45) is 0 Å². The van der Waals surface area contributed by atoms with Gasteiger partial charge in [-0.3, -0.25) is 19.3 Å². The molecule has 0 saturated carbocycles. The number of carbonyl (C=O) groups is 4. The lowest BCUT2D eigenvalue weighted by molar-refractivity contribution is -0.140. The van der Waals surface area contributed by atoms with Crippen LogP contribution in [0.25, 0.3) is 0 Å². The summed E-state index contributed by atoms with van der Waals surface area (Å²) in [4.78, 5) is 52.5. The Morgan fingerprint density at radius 1 is 1.14 bits per heavy atom. The van der Waals surface area contributed by atoms with E-state index in [1.54, 1.807) is 24.3 Å². The van der Waals surface area contributed by atoms with Gasteiger partial charge < -0.3 is 20.3 Å². The quantitative estimate of drug-likeness (QED) is 0.626. The van der Waals surface area contributed by atoms with Gasteiger partial charge in [-0.25, -0.2) is 4.79 Å². The van der Waals surface area contributed by atoms with Gasteiger partial charge in [0, 0.05) is 19.0 Å². The summed E-state index contributed by atoms with van der Waals surface area (Å²) in [5.41, 5.74) is -2.34. The summed E-state index contributed by atoms with van der Waals surface area (Å²) in [5.74, 6) is -1.79.